The summed E-state index contributed by atoms with van der Waals surface area (Å²) in [4.78, 5) is 5.02. The maximum atomic E-state index is 14.4. The Labute approximate surface area is 400 Å². The Morgan fingerprint density at radius 2 is 0.810 bits per heavy atom. The van der Waals surface area contributed by atoms with Crippen LogP contribution in [0.3, 0.4) is 0 Å². The molecular weight excluding hydrogens is 848 g/mol. The van der Waals surface area contributed by atoms with Gasteiger partial charge in [-0.1, -0.05) is 60.4 Å². The predicted octanol–water partition coefficient (Wildman–Crippen LogP) is 12.0. The third kappa shape index (κ3) is 10.1. The van der Waals surface area contributed by atoms with E-state index >= 15 is 0 Å². The van der Waals surface area contributed by atoms with Crippen LogP contribution in [-0.4, -0.2) is 36.0 Å². The van der Waals surface area contributed by atoms with Gasteiger partial charge in [0.1, 0.15) is 0 Å². The van der Waals surface area contributed by atoms with Gasteiger partial charge >= 0.3 is 26.2 Å². The maximum absolute atomic E-state index is 14.4. The molecule has 8 bridgehead atoms. The van der Waals surface area contributed by atoms with Crippen LogP contribution < -0.4 is 10.2 Å². The van der Waals surface area contributed by atoms with Gasteiger partial charge in [-0.3, -0.25) is 9.80 Å². The molecule has 9 saturated carbocycles. The van der Waals surface area contributed by atoms with Crippen molar-refractivity contribution in [2.45, 2.75) is 153 Å². The van der Waals surface area contributed by atoms with E-state index in [4.69, 9.17) is 0 Å². The zero-order valence-corrected chi connectivity index (χ0v) is 41.5. The van der Waals surface area contributed by atoms with Crippen molar-refractivity contribution in [3.8, 4) is 11.5 Å². The molecule has 4 aromatic rings. The van der Waals surface area contributed by atoms with Crippen LogP contribution in [0.4, 0.5) is 0 Å². The summed E-state index contributed by atoms with van der Waals surface area (Å²) in [6.07, 6.45) is 20.7. The monoisotopic (exact) mass is 920 g/mol. The summed E-state index contributed by atoms with van der Waals surface area (Å²) in [5.74, 6) is 5.74. The van der Waals surface area contributed by atoms with Gasteiger partial charge in [-0.05, 0) is 186 Å². The molecule has 0 radical (unpaired) electrons. The fourth-order valence-corrected chi connectivity index (χ4v) is 15.4. The third-order valence-corrected chi connectivity index (χ3v) is 17.2. The van der Waals surface area contributed by atoms with Crippen molar-refractivity contribution in [2.75, 3.05) is 14.1 Å². The first kappa shape index (κ1) is 46.5. The van der Waals surface area contributed by atoms with Gasteiger partial charge in [-0.15, -0.1) is 35.8 Å². The zero-order chi connectivity index (χ0) is 43.2. The Morgan fingerprint density at radius 1 is 0.508 bits per heavy atom. The molecule has 9 aliphatic rings. The van der Waals surface area contributed by atoms with Crippen LogP contribution in [0.1, 0.15) is 147 Å². The Kier molecular flexibility index (Phi) is 14.4. The van der Waals surface area contributed by atoms with Crippen molar-refractivity contribution in [2.24, 2.45) is 35.5 Å². The molecule has 4 nitrogen and oxygen atoms in total. The molecule has 9 fully saturated rings. The molecule has 0 aliphatic heterocycles. The Balaban J connectivity index is 0.000000310. The van der Waals surface area contributed by atoms with Crippen LogP contribution in [0, 0.1) is 63.2 Å². The Hall–Kier alpha value is -2.98. The first-order valence-corrected chi connectivity index (χ1v) is 24.6. The van der Waals surface area contributed by atoms with Crippen LogP contribution >= 0.6 is 0 Å². The van der Waals surface area contributed by atoms with Gasteiger partial charge in [0.2, 0.25) is 0 Å². The van der Waals surface area contributed by atoms with Crippen LogP contribution in [0.25, 0.3) is 0 Å². The molecule has 0 heterocycles. The van der Waals surface area contributed by atoms with Crippen LogP contribution in [0.15, 0.2) is 84.9 Å². The van der Waals surface area contributed by atoms with E-state index in [-0.39, 0.29) is 37.0 Å². The van der Waals surface area contributed by atoms with Gasteiger partial charge in [0.05, 0.1) is 0 Å². The minimum absolute atomic E-state index is 0. The van der Waals surface area contributed by atoms with Crippen molar-refractivity contribution in [1.29, 1.82) is 0 Å². The normalized spacial score (nSPS) is 32.1. The van der Waals surface area contributed by atoms with E-state index in [1.807, 2.05) is 60.7 Å². The molecule has 332 valence electrons. The number of nitrogens with zero attached hydrogens (tertiary/aromatic N) is 2. The average molecular weight is 922 g/mol. The second-order valence-corrected chi connectivity index (χ2v) is 22.2. The van der Waals surface area contributed by atoms with E-state index in [2.05, 4.69) is 75.9 Å². The van der Waals surface area contributed by atoms with Gasteiger partial charge in [0.15, 0.2) is 0 Å². The molecular formula is C58H74N2O2Zr. The molecule has 63 heavy (non-hydrogen) atoms. The molecule has 5 heteroatoms. The fraction of sp³-hybridized carbons (Fsp3) is 0.552. The second kappa shape index (κ2) is 19.5. The van der Waals surface area contributed by atoms with Gasteiger partial charge in [-0.2, -0.15) is 49.2 Å². The standard InChI is InChI=1S/C44H62N2O2.2C7H7.Zr/c1-27-9-35(41(47)37(11-27)43-19-29-13-30(20-43)15-31(14-29)21-43)25-45(3)39-7-5-6-8-40(39)46(4)26-36-10-28(2)12-38(42(36)48)44-22-32-16-33(23-44)18-34(17-32)24-44;2*1-7-5-3-2-4-6-7;/h9-12,29-34,39-40,47-48H,5-8,13-26H2,1-4H3;2*2-6H,1H2;/q;2*-1;+4/p-2/t29?,30?,31?,32?,33?,34?,39-,40-,43?,44?;;;/m1.../s1. The summed E-state index contributed by atoms with van der Waals surface area (Å²) in [7, 11) is 4.53. The average Bonchev–Trinajstić information content (AvgIpc) is 3.23. The SMILES string of the molecule is Cc1cc(CN(C)[C@@H]2CCCC[C@H]2N(C)Cc2cc(C)cc(C34CC5CC(CC(C5)C3)C4)c2[O-])c([O-])c(C23CC4CC(CC(C4)C2)C3)c1.[CH2-]c1ccccc1.[CH2-]c1ccccc1.[Zr+4]. The van der Waals surface area contributed by atoms with Crippen molar-refractivity contribution in [3.05, 3.63) is 143 Å². The number of aryl methyl sites for hydroxylation is 2. The van der Waals surface area contributed by atoms with Gasteiger partial charge in [0.25, 0.3) is 0 Å². The minimum Gasteiger partial charge on any atom is -0.872 e. The summed E-state index contributed by atoms with van der Waals surface area (Å²) in [6, 6.07) is 29.5. The quantitative estimate of drug-likeness (QED) is 0.165. The van der Waals surface area contributed by atoms with Gasteiger partial charge in [0, 0.05) is 25.2 Å². The van der Waals surface area contributed by atoms with E-state index in [0.717, 1.165) is 83.7 Å². The van der Waals surface area contributed by atoms with Crippen molar-refractivity contribution in [1.82, 2.24) is 9.80 Å². The third-order valence-electron chi connectivity index (χ3n) is 17.2. The van der Waals surface area contributed by atoms with Crippen LogP contribution in [-0.2, 0) is 50.1 Å². The van der Waals surface area contributed by atoms with Crippen LogP contribution in [0.2, 0.25) is 0 Å². The summed E-state index contributed by atoms with van der Waals surface area (Å²) in [6.45, 7) is 13.3. The number of benzene rings is 4. The van der Waals surface area contributed by atoms with E-state index in [9.17, 15) is 10.2 Å². The molecule has 0 spiro atoms. The number of likely N-dealkylation sites (N-methyl/N-ethyl adjacent to an activating group) is 2. The van der Waals surface area contributed by atoms with Crippen molar-refractivity contribution >= 4 is 0 Å². The molecule has 2 atom stereocenters. The first-order valence-electron chi connectivity index (χ1n) is 24.6. The predicted molar refractivity (Wildman–Crippen MR) is 252 cm³/mol. The Bertz CT molecular complexity index is 1930. The molecule has 0 saturated heterocycles. The Morgan fingerprint density at radius 3 is 1.08 bits per heavy atom. The van der Waals surface area contributed by atoms with E-state index in [1.54, 1.807) is 0 Å². The molecule has 0 aromatic heterocycles. The zero-order valence-electron chi connectivity index (χ0n) is 39.1. The molecule has 4 aromatic carbocycles. The topological polar surface area (TPSA) is 52.6 Å². The smallest absolute Gasteiger partial charge is 0.872 e. The van der Waals surface area contributed by atoms with E-state index in [1.165, 1.54) is 112 Å². The number of hydrogen-bond acceptors (Lipinski definition) is 4. The number of rotatable bonds is 8. The molecule has 9 aliphatic carbocycles. The molecule has 0 amide bonds. The van der Waals surface area contributed by atoms with E-state index in [0.29, 0.717) is 23.6 Å². The fourth-order valence-electron chi connectivity index (χ4n) is 15.4. The van der Waals surface area contributed by atoms with Gasteiger partial charge in [-0.25, -0.2) is 0 Å². The van der Waals surface area contributed by atoms with Gasteiger partial charge < -0.3 is 10.2 Å². The maximum Gasteiger partial charge on any atom is 4.00 e. The van der Waals surface area contributed by atoms with Crippen molar-refractivity contribution < 1.29 is 36.4 Å². The first-order chi connectivity index (χ1) is 29.8. The minimum atomic E-state index is 0. The molecule has 13 rings (SSSR count). The summed E-state index contributed by atoms with van der Waals surface area (Å²) < 4.78 is 0. The van der Waals surface area contributed by atoms with Crippen LogP contribution in [0.5, 0.6) is 11.5 Å². The molecule has 0 unspecified atom stereocenters. The summed E-state index contributed by atoms with van der Waals surface area (Å²) >= 11 is 0. The van der Waals surface area contributed by atoms with Crippen molar-refractivity contribution in [3.63, 3.8) is 0 Å². The summed E-state index contributed by atoms with van der Waals surface area (Å²) in [5.41, 5.74) is 9.29. The second-order valence-electron chi connectivity index (χ2n) is 22.2. The summed E-state index contributed by atoms with van der Waals surface area (Å²) in [5, 5.41) is 28.7. The number of hydrogen-bond donors (Lipinski definition) is 0. The van der Waals surface area contributed by atoms with E-state index < -0.39 is 0 Å². The molecule has 0 N–H and O–H groups in total. The largest absolute Gasteiger partial charge is 4.00 e.